The molecule has 6 nitrogen and oxygen atoms in total. The van der Waals surface area contributed by atoms with Gasteiger partial charge in [-0.2, -0.15) is 0 Å². The zero-order valence-electron chi connectivity index (χ0n) is 15.2. The number of fused-ring (bicyclic) bond motifs is 1. The summed E-state index contributed by atoms with van der Waals surface area (Å²) in [5, 5.41) is 7.99. The third-order valence-electron chi connectivity index (χ3n) is 4.29. The highest BCUT2D eigenvalue weighted by molar-refractivity contribution is 6.01. The summed E-state index contributed by atoms with van der Waals surface area (Å²) in [5.74, 6) is 0.191. The van der Waals surface area contributed by atoms with Gasteiger partial charge in [0.15, 0.2) is 6.61 Å². The van der Waals surface area contributed by atoms with E-state index < -0.39 is 0 Å². The van der Waals surface area contributed by atoms with Crippen molar-refractivity contribution < 1.29 is 14.3 Å². The third kappa shape index (κ3) is 4.32. The number of carbonyl (C=O) groups is 2. The second-order valence-corrected chi connectivity index (χ2v) is 6.75. The molecule has 1 aliphatic heterocycles. The van der Waals surface area contributed by atoms with Gasteiger partial charge in [-0.05, 0) is 36.8 Å². The van der Waals surface area contributed by atoms with E-state index in [1.165, 1.54) is 0 Å². The maximum Gasteiger partial charge on any atom is 0.258 e. The Kier molecular flexibility index (Phi) is 5.73. The molecule has 1 saturated heterocycles. The van der Waals surface area contributed by atoms with Gasteiger partial charge in [0.2, 0.25) is 0 Å². The van der Waals surface area contributed by atoms with Crippen LogP contribution in [0.2, 0.25) is 0 Å². The molecule has 0 unspecified atom stereocenters. The summed E-state index contributed by atoms with van der Waals surface area (Å²) in [4.78, 5) is 26.8. The van der Waals surface area contributed by atoms with Gasteiger partial charge in [0.1, 0.15) is 5.75 Å². The molecule has 26 heavy (non-hydrogen) atoms. The number of hydrogen-bond acceptors (Lipinski definition) is 4. The van der Waals surface area contributed by atoms with Gasteiger partial charge < -0.3 is 20.3 Å². The number of amides is 2. The van der Waals surface area contributed by atoms with Gasteiger partial charge in [0, 0.05) is 32.2 Å². The molecule has 1 heterocycles. The van der Waals surface area contributed by atoms with E-state index in [4.69, 9.17) is 4.74 Å². The van der Waals surface area contributed by atoms with E-state index >= 15 is 0 Å². The van der Waals surface area contributed by atoms with Crippen molar-refractivity contribution in [1.82, 2.24) is 15.5 Å². The lowest BCUT2D eigenvalue weighted by molar-refractivity contribution is -0.123. The van der Waals surface area contributed by atoms with Crippen molar-refractivity contribution in [2.45, 2.75) is 19.9 Å². The molecule has 2 aromatic rings. The molecule has 0 spiro atoms. The lowest BCUT2D eigenvalue weighted by atomic mass is 10.0. The Morgan fingerprint density at radius 2 is 1.81 bits per heavy atom. The first-order valence-electron chi connectivity index (χ1n) is 8.99. The fourth-order valence-electron chi connectivity index (χ4n) is 3.05. The number of piperazine rings is 1. The summed E-state index contributed by atoms with van der Waals surface area (Å²) >= 11 is 0. The molecule has 1 aliphatic rings. The number of nitrogens with zero attached hydrogens (tertiary/aromatic N) is 1. The van der Waals surface area contributed by atoms with Crippen LogP contribution in [0.1, 0.15) is 24.2 Å². The Bertz CT molecular complexity index is 798. The molecule has 1 fully saturated rings. The van der Waals surface area contributed by atoms with E-state index in [0.717, 1.165) is 23.9 Å². The maximum absolute atomic E-state index is 13.0. The van der Waals surface area contributed by atoms with Gasteiger partial charge in [-0.1, -0.05) is 24.3 Å². The van der Waals surface area contributed by atoms with Crippen molar-refractivity contribution in [3.8, 4) is 5.75 Å². The lowest BCUT2D eigenvalue weighted by Crippen LogP contribution is -2.46. The predicted molar refractivity (Wildman–Crippen MR) is 101 cm³/mol. The summed E-state index contributed by atoms with van der Waals surface area (Å²) in [6, 6.07) is 11.6. The minimum atomic E-state index is -0.200. The SMILES string of the molecule is CC(C)NC(=O)COc1cc2ccccc2cc1C(=O)N1CCNCC1. The molecule has 2 N–H and O–H groups in total. The molecule has 0 aliphatic carbocycles. The number of hydrogen-bond donors (Lipinski definition) is 2. The smallest absolute Gasteiger partial charge is 0.258 e. The van der Waals surface area contributed by atoms with E-state index in [2.05, 4.69) is 10.6 Å². The van der Waals surface area contributed by atoms with Crippen molar-refractivity contribution in [3.05, 3.63) is 42.0 Å². The predicted octanol–water partition coefficient (Wildman–Crippen LogP) is 1.79. The molecule has 0 bridgehead atoms. The van der Waals surface area contributed by atoms with E-state index in [9.17, 15) is 9.59 Å². The van der Waals surface area contributed by atoms with Crippen LogP contribution in [0.3, 0.4) is 0 Å². The van der Waals surface area contributed by atoms with Crippen LogP contribution in [0.25, 0.3) is 10.8 Å². The van der Waals surface area contributed by atoms with Crippen LogP contribution < -0.4 is 15.4 Å². The molecular weight excluding hydrogens is 330 g/mol. The molecule has 0 atom stereocenters. The molecule has 0 saturated carbocycles. The van der Waals surface area contributed by atoms with Crippen molar-refractivity contribution >= 4 is 22.6 Å². The molecule has 0 aromatic heterocycles. The van der Waals surface area contributed by atoms with Crippen molar-refractivity contribution in [2.75, 3.05) is 32.8 Å². The van der Waals surface area contributed by atoms with Crippen LogP contribution >= 0.6 is 0 Å². The Morgan fingerprint density at radius 3 is 2.46 bits per heavy atom. The number of rotatable bonds is 5. The monoisotopic (exact) mass is 355 g/mol. The number of carbonyl (C=O) groups excluding carboxylic acids is 2. The quantitative estimate of drug-likeness (QED) is 0.858. The molecule has 0 radical (unpaired) electrons. The van der Waals surface area contributed by atoms with E-state index in [0.29, 0.717) is 24.4 Å². The summed E-state index contributed by atoms with van der Waals surface area (Å²) < 4.78 is 5.74. The van der Waals surface area contributed by atoms with Gasteiger partial charge in [0.25, 0.3) is 11.8 Å². The van der Waals surface area contributed by atoms with Crippen LogP contribution in [-0.4, -0.2) is 55.5 Å². The fourth-order valence-corrected chi connectivity index (χ4v) is 3.05. The van der Waals surface area contributed by atoms with Crippen LogP contribution in [0.15, 0.2) is 36.4 Å². The molecule has 2 aromatic carbocycles. The summed E-state index contributed by atoms with van der Waals surface area (Å²) in [6.45, 7) is 6.58. The first-order valence-corrected chi connectivity index (χ1v) is 8.99. The van der Waals surface area contributed by atoms with Gasteiger partial charge in [0.05, 0.1) is 5.56 Å². The van der Waals surface area contributed by atoms with Crippen molar-refractivity contribution in [1.29, 1.82) is 0 Å². The molecule has 2 amide bonds. The number of ether oxygens (including phenoxy) is 1. The second kappa shape index (κ2) is 8.19. The summed E-state index contributed by atoms with van der Waals surface area (Å²) in [5.41, 5.74) is 0.503. The van der Waals surface area contributed by atoms with E-state index in [-0.39, 0.29) is 24.5 Å². The average molecular weight is 355 g/mol. The van der Waals surface area contributed by atoms with E-state index in [1.807, 2.05) is 55.1 Å². The first-order chi connectivity index (χ1) is 12.5. The Hall–Kier alpha value is -2.60. The minimum Gasteiger partial charge on any atom is -0.483 e. The number of nitrogens with one attached hydrogen (secondary N) is 2. The van der Waals surface area contributed by atoms with Crippen LogP contribution in [0.4, 0.5) is 0 Å². The standard InChI is InChI=1S/C20H25N3O3/c1-14(2)22-19(24)13-26-18-12-16-6-4-3-5-15(16)11-17(18)20(25)23-9-7-21-8-10-23/h3-6,11-12,14,21H,7-10,13H2,1-2H3,(H,22,24). The van der Waals surface area contributed by atoms with Gasteiger partial charge in [-0.3, -0.25) is 9.59 Å². The molecule has 3 rings (SSSR count). The molecule has 6 heteroatoms. The fraction of sp³-hybridized carbons (Fsp3) is 0.400. The van der Waals surface area contributed by atoms with Crippen LogP contribution in [0.5, 0.6) is 5.75 Å². The Balaban J connectivity index is 1.88. The highest BCUT2D eigenvalue weighted by Gasteiger charge is 2.22. The van der Waals surface area contributed by atoms with Crippen molar-refractivity contribution in [2.24, 2.45) is 0 Å². The summed E-state index contributed by atoms with van der Waals surface area (Å²) in [6.07, 6.45) is 0. The van der Waals surface area contributed by atoms with Crippen LogP contribution in [0, 0.1) is 0 Å². The Morgan fingerprint density at radius 1 is 1.15 bits per heavy atom. The maximum atomic E-state index is 13.0. The van der Waals surface area contributed by atoms with Crippen molar-refractivity contribution in [3.63, 3.8) is 0 Å². The van der Waals surface area contributed by atoms with E-state index in [1.54, 1.807) is 0 Å². The van der Waals surface area contributed by atoms with Gasteiger partial charge in [-0.25, -0.2) is 0 Å². The largest absolute Gasteiger partial charge is 0.483 e. The second-order valence-electron chi connectivity index (χ2n) is 6.75. The highest BCUT2D eigenvalue weighted by Crippen LogP contribution is 2.27. The molecular formula is C20H25N3O3. The zero-order valence-corrected chi connectivity index (χ0v) is 15.2. The normalized spacial score (nSPS) is 14.5. The molecule has 138 valence electrons. The zero-order chi connectivity index (χ0) is 18.5. The van der Waals surface area contributed by atoms with Gasteiger partial charge >= 0.3 is 0 Å². The number of benzene rings is 2. The Labute approximate surface area is 153 Å². The first kappa shape index (κ1) is 18.2. The average Bonchev–Trinajstić information content (AvgIpc) is 2.65. The van der Waals surface area contributed by atoms with Gasteiger partial charge in [-0.15, -0.1) is 0 Å². The third-order valence-corrected chi connectivity index (χ3v) is 4.29. The van der Waals surface area contributed by atoms with Crippen LogP contribution in [-0.2, 0) is 4.79 Å². The summed E-state index contributed by atoms with van der Waals surface area (Å²) in [7, 11) is 0. The topological polar surface area (TPSA) is 70.7 Å². The minimum absolute atomic E-state index is 0.0460. The lowest BCUT2D eigenvalue weighted by Gasteiger charge is -2.28. The highest BCUT2D eigenvalue weighted by atomic mass is 16.5.